The van der Waals surface area contributed by atoms with Crippen LogP contribution in [0.3, 0.4) is 0 Å². The zero-order valence-electron chi connectivity index (χ0n) is 11.0. The summed E-state index contributed by atoms with van der Waals surface area (Å²) in [4.78, 5) is 4.63. The molecule has 0 saturated heterocycles. The Kier molecular flexibility index (Phi) is 2.15. The van der Waals surface area contributed by atoms with Gasteiger partial charge in [-0.2, -0.15) is 0 Å². The highest BCUT2D eigenvalue weighted by molar-refractivity contribution is 5.82. The molecule has 0 aliphatic carbocycles. The predicted octanol–water partition coefficient (Wildman–Crippen LogP) is 3.64. The summed E-state index contributed by atoms with van der Waals surface area (Å²) in [5.41, 5.74) is 10.2. The molecule has 0 fully saturated rings. The number of hydrogen-bond acceptors (Lipinski definition) is 3. The number of aromatic nitrogens is 2. The fourth-order valence-corrected chi connectivity index (χ4v) is 2.52. The second kappa shape index (κ2) is 3.87. The maximum absolute atomic E-state index is 5.86. The molecule has 0 aliphatic heterocycles. The average molecular weight is 263 g/mol. The van der Waals surface area contributed by atoms with Crippen LogP contribution in [0.4, 0.5) is 5.69 Å². The third-order valence-corrected chi connectivity index (χ3v) is 3.43. The van der Waals surface area contributed by atoms with E-state index >= 15 is 0 Å². The molecule has 0 amide bonds. The quantitative estimate of drug-likeness (QED) is 0.570. The molecule has 3 aromatic heterocycles. The number of imidazole rings is 1. The molecule has 4 nitrogen and oxygen atoms in total. The molecule has 98 valence electrons. The molecule has 4 rings (SSSR count). The van der Waals surface area contributed by atoms with Crippen LogP contribution < -0.4 is 5.73 Å². The molecule has 2 N–H and O–H groups in total. The number of benzene rings is 1. The van der Waals surface area contributed by atoms with E-state index in [0.717, 1.165) is 39.3 Å². The van der Waals surface area contributed by atoms with Gasteiger partial charge in [-0.3, -0.25) is 0 Å². The van der Waals surface area contributed by atoms with E-state index in [1.54, 1.807) is 0 Å². The summed E-state index contributed by atoms with van der Waals surface area (Å²) in [5.74, 6) is 0.771. The maximum atomic E-state index is 5.86. The highest BCUT2D eigenvalue weighted by Crippen LogP contribution is 2.28. The second-order valence-corrected chi connectivity index (χ2v) is 4.96. The number of pyridine rings is 1. The molecule has 0 saturated carbocycles. The van der Waals surface area contributed by atoms with Crippen molar-refractivity contribution in [3.63, 3.8) is 0 Å². The summed E-state index contributed by atoms with van der Waals surface area (Å²) in [6.07, 6.45) is 3.80. The number of furan rings is 1. The van der Waals surface area contributed by atoms with Crippen LogP contribution >= 0.6 is 0 Å². The first-order chi connectivity index (χ1) is 9.70. The number of aryl methyl sites for hydroxylation is 1. The molecule has 20 heavy (non-hydrogen) atoms. The highest BCUT2D eigenvalue weighted by atomic mass is 16.3. The van der Waals surface area contributed by atoms with Gasteiger partial charge in [0.05, 0.1) is 0 Å². The number of nitrogen functional groups attached to an aromatic ring is 1. The average Bonchev–Trinajstić information content (AvgIpc) is 3.01. The Bertz CT molecular complexity index is 900. The SMILES string of the molecule is Cc1cc(N)cn2cc(-c3cc4ccccc4o3)nc12. The van der Waals surface area contributed by atoms with Crippen molar-refractivity contribution in [2.45, 2.75) is 6.92 Å². The molecule has 0 aliphatic rings. The first-order valence-electron chi connectivity index (χ1n) is 6.44. The van der Waals surface area contributed by atoms with Gasteiger partial charge in [0.1, 0.15) is 16.9 Å². The highest BCUT2D eigenvalue weighted by Gasteiger charge is 2.11. The summed E-state index contributed by atoms with van der Waals surface area (Å²) >= 11 is 0. The van der Waals surface area contributed by atoms with Crippen molar-refractivity contribution in [2.24, 2.45) is 0 Å². The summed E-state index contributed by atoms with van der Waals surface area (Å²) in [6, 6.07) is 11.9. The molecule has 0 spiro atoms. The summed E-state index contributed by atoms with van der Waals surface area (Å²) in [5, 5.41) is 1.08. The normalized spacial score (nSPS) is 11.4. The van der Waals surface area contributed by atoms with Crippen molar-refractivity contribution in [2.75, 3.05) is 5.73 Å². The third kappa shape index (κ3) is 1.58. The van der Waals surface area contributed by atoms with Gasteiger partial charge in [-0.05, 0) is 30.7 Å². The van der Waals surface area contributed by atoms with E-state index in [0.29, 0.717) is 0 Å². The number of fused-ring (bicyclic) bond motifs is 2. The largest absolute Gasteiger partial charge is 0.454 e. The van der Waals surface area contributed by atoms with Gasteiger partial charge in [-0.15, -0.1) is 0 Å². The van der Waals surface area contributed by atoms with Gasteiger partial charge < -0.3 is 14.6 Å². The lowest BCUT2D eigenvalue weighted by Crippen LogP contribution is -1.92. The van der Waals surface area contributed by atoms with Gasteiger partial charge in [0, 0.05) is 23.5 Å². The van der Waals surface area contributed by atoms with E-state index in [-0.39, 0.29) is 0 Å². The van der Waals surface area contributed by atoms with Crippen molar-refractivity contribution < 1.29 is 4.42 Å². The Morgan fingerprint density at radius 2 is 2.00 bits per heavy atom. The van der Waals surface area contributed by atoms with Crippen molar-refractivity contribution in [3.05, 3.63) is 54.4 Å². The second-order valence-electron chi connectivity index (χ2n) is 4.96. The Morgan fingerprint density at radius 1 is 1.15 bits per heavy atom. The molecule has 0 bridgehead atoms. The summed E-state index contributed by atoms with van der Waals surface area (Å²) in [7, 11) is 0. The van der Waals surface area contributed by atoms with Gasteiger partial charge in [0.25, 0.3) is 0 Å². The fraction of sp³-hybridized carbons (Fsp3) is 0.0625. The van der Waals surface area contributed by atoms with Gasteiger partial charge in [-0.25, -0.2) is 4.98 Å². The lowest BCUT2D eigenvalue weighted by atomic mass is 10.2. The number of nitrogens with zero attached hydrogens (tertiary/aromatic N) is 2. The van der Waals surface area contributed by atoms with Crippen molar-refractivity contribution in [3.8, 4) is 11.5 Å². The number of anilines is 1. The zero-order valence-corrected chi connectivity index (χ0v) is 11.0. The zero-order chi connectivity index (χ0) is 13.7. The van der Waals surface area contributed by atoms with E-state index in [9.17, 15) is 0 Å². The molecule has 0 atom stereocenters. The predicted molar refractivity (Wildman–Crippen MR) is 79.5 cm³/mol. The molecule has 1 aromatic carbocycles. The smallest absolute Gasteiger partial charge is 0.155 e. The molecule has 4 aromatic rings. The molecular formula is C16H13N3O. The topological polar surface area (TPSA) is 56.5 Å². The van der Waals surface area contributed by atoms with Gasteiger partial charge in [0.2, 0.25) is 0 Å². The van der Waals surface area contributed by atoms with E-state index in [1.165, 1.54) is 0 Å². The minimum atomic E-state index is 0.726. The number of para-hydroxylation sites is 1. The number of rotatable bonds is 1. The van der Waals surface area contributed by atoms with Gasteiger partial charge in [0.15, 0.2) is 5.76 Å². The molecule has 0 radical (unpaired) electrons. The van der Waals surface area contributed by atoms with E-state index in [2.05, 4.69) is 4.98 Å². The molecule has 3 heterocycles. The third-order valence-electron chi connectivity index (χ3n) is 3.43. The van der Waals surface area contributed by atoms with Crippen LogP contribution in [0.15, 0.2) is 53.2 Å². The van der Waals surface area contributed by atoms with Crippen molar-refractivity contribution in [1.29, 1.82) is 0 Å². The molecular weight excluding hydrogens is 250 g/mol. The minimum absolute atomic E-state index is 0.726. The van der Waals surface area contributed by atoms with Crippen LogP contribution in [0, 0.1) is 6.92 Å². The van der Waals surface area contributed by atoms with Crippen LogP contribution in [0.5, 0.6) is 0 Å². The lowest BCUT2D eigenvalue weighted by Gasteiger charge is -1.98. The Balaban J connectivity index is 1.95. The Labute approximate surface area is 115 Å². The van der Waals surface area contributed by atoms with E-state index in [1.807, 2.05) is 60.1 Å². The Morgan fingerprint density at radius 3 is 2.85 bits per heavy atom. The van der Waals surface area contributed by atoms with Crippen molar-refractivity contribution in [1.82, 2.24) is 9.38 Å². The first kappa shape index (κ1) is 11.1. The first-order valence-corrected chi connectivity index (χ1v) is 6.44. The van der Waals surface area contributed by atoms with E-state index < -0.39 is 0 Å². The van der Waals surface area contributed by atoms with Crippen LogP contribution in [0.2, 0.25) is 0 Å². The fourth-order valence-electron chi connectivity index (χ4n) is 2.52. The summed E-state index contributed by atoms with van der Waals surface area (Å²) < 4.78 is 7.78. The number of hydrogen-bond donors (Lipinski definition) is 1. The van der Waals surface area contributed by atoms with Gasteiger partial charge >= 0.3 is 0 Å². The minimum Gasteiger partial charge on any atom is -0.454 e. The Hall–Kier alpha value is -2.75. The van der Waals surface area contributed by atoms with Crippen molar-refractivity contribution >= 4 is 22.3 Å². The molecule has 4 heteroatoms. The number of nitrogens with two attached hydrogens (primary N) is 1. The van der Waals surface area contributed by atoms with Crippen LogP contribution in [-0.4, -0.2) is 9.38 Å². The van der Waals surface area contributed by atoms with Crippen LogP contribution in [-0.2, 0) is 0 Å². The van der Waals surface area contributed by atoms with E-state index in [4.69, 9.17) is 10.2 Å². The van der Waals surface area contributed by atoms with Gasteiger partial charge in [-0.1, -0.05) is 18.2 Å². The van der Waals surface area contributed by atoms with Crippen LogP contribution in [0.25, 0.3) is 28.1 Å². The summed E-state index contributed by atoms with van der Waals surface area (Å²) in [6.45, 7) is 2.00. The monoisotopic (exact) mass is 263 g/mol. The standard InChI is InChI=1S/C16H13N3O/c1-10-6-12(17)8-19-9-13(18-16(10)19)15-7-11-4-2-3-5-14(11)20-15/h2-9H,17H2,1H3. The molecule has 0 unspecified atom stereocenters. The lowest BCUT2D eigenvalue weighted by molar-refractivity contribution is 0.629. The maximum Gasteiger partial charge on any atom is 0.155 e. The van der Waals surface area contributed by atoms with Crippen LogP contribution in [0.1, 0.15) is 5.56 Å².